The van der Waals surface area contributed by atoms with Gasteiger partial charge in [-0.25, -0.2) is 4.57 Å². The van der Waals surface area contributed by atoms with E-state index in [9.17, 15) is 105 Å². The number of hydrogen-bond acceptors (Lipinski definition) is 0. The van der Waals surface area contributed by atoms with Crippen LogP contribution in [0.2, 0.25) is 0 Å². The number of halogens is 24. The molecule has 1 heterocycles. The van der Waals surface area contributed by atoms with Crippen LogP contribution < -0.4 is 26.4 Å². The summed E-state index contributed by atoms with van der Waals surface area (Å²) in [5.41, 5.74) is -27.3. The topological polar surface area (TPSA) is 3.88 Å². The molecule has 6 aromatic carbocycles. The van der Waals surface area contributed by atoms with Gasteiger partial charge in [-0.1, -0.05) is 112 Å². The molecule has 0 unspecified atom stereocenters. The summed E-state index contributed by atoms with van der Waals surface area (Å²) in [6.07, 6.45) is -50.4. The normalized spacial score (nSPS) is 13.6. The van der Waals surface area contributed by atoms with Crippen LogP contribution in [0.25, 0.3) is 10.8 Å². The molecular weight excluding hydrogens is 1110 g/mol. The van der Waals surface area contributed by atoms with Crippen molar-refractivity contribution < 1.29 is 110 Å². The van der Waals surface area contributed by atoms with E-state index in [0.717, 1.165) is 6.54 Å². The smallest absolute Gasteiger partial charge is 0.200 e. The van der Waals surface area contributed by atoms with E-state index in [1.807, 2.05) is 0 Å². The predicted octanol–water partition coefficient (Wildman–Crippen LogP) is 15.7. The highest BCUT2D eigenvalue weighted by atomic mass is 19.4. The average molecular weight is 1140 g/mol. The molecule has 0 fully saturated rings. The number of rotatable bonds is 6. The van der Waals surface area contributed by atoms with E-state index in [2.05, 4.69) is 92.3 Å². The molecule has 0 aliphatic carbocycles. The number of benzene rings is 6. The summed E-state index contributed by atoms with van der Waals surface area (Å²) in [6, 6.07) is 10.8. The standard InChI is InChI=1S/C32H12BF24.C20H22N/c34-25(35,36)13-1-14(26(37,38)39)6-21(5-13)33(22-7-15(27(40,41)42)2-16(8-22)28(43,44)45,23-9-17(29(46,47)48)3-18(10-23)30(49,50)51)24-11-19(31(52,53)54)4-20(12-24)32(55,56)57;1-20(2,3)19-10-8-16(9-11-19)14-21-13-12-17-6-4-5-7-18(17)15-21/h1-12H;4-13,15H,14H2,1-3H3/q-1;+1. The van der Waals surface area contributed by atoms with E-state index in [0.29, 0.717) is 0 Å². The minimum Gasteiger partial charge on any atom is -0.200 e. The van der Waals surface area contributed by atoms with Crippen molar-refractivity contribution in [3.8, 4) is 0 Å². The minimum atomic E-state index is -6.13. The second-order valence-electron chi connectivity index (χ2n) is 18.9. The Bertz CT molecular complexity index is 2850. The Balaban J connectivity index is 0.000000387. The van der Waals surface area contributed by atoms with Crippen molar-refractivity contribution in [3.05, 3.63) is 195 Å². The van der Waals surface area contributed by atoms with Crippen LogP contribution >= 0.6 is 0 Å². The van der Waals surface area contributed by atoms with Crippen LogP contribution in [0.5, 0.6) is 0 Å². The Morgan fingerprint density at radius 3 is 0.808 bits per heavy atom. The lowest BCUT2D eigenvalue weighted by atomic mass is 9.12. The molecule has 0 atom stereocenters. The molecule has 418 valence electrons. The molecule has 7 aromatic rings. The van der Waals surface area contributed by atoms with Gasteiger partial charge < -0.3 is 0 Å². The van der Waals surface area contributed by atoms with Crippen LogP contribution in [0.1, 0.15) is 76.4 Å². The van der Waals surface area contributed by atoms with Gasteiger partial charge in [-0.2, -0.15) is 127 Å². The third-order valence-corrected chi connectivity index (χ3v) is 12.4. The van der Waals surface area contributed by atoms with Gasteiger partial charge in [0.25, 0.3) is 0 Å². The van der Waals surface area contributed by atoms with Gasteiger partial charge >= 0.3 is 49.4 Å². The molecule has 0 saturated carbocycles. The van der Waals surface area contributed by atoms with E-state index < -0.39 is 195 Å². The van der Waals surface area contributed by atoms with Gasteiger partial charge in [0.15, 0.2) is 18.9 Å². The van der Waals surface area contributed by atoms with Crippen molar-refractivity contribution in [1.82, 2.24) is 0 Å². The zero-order valence-corrected chi connectivity index (χ0v) is 39.6. The molecule has 1 nitrogen and oxygen atoms in total. The molecule has 78 heavy (non-hydrogen) atoms. The van der Waals surface area contributed by atoms with Gasteiger partial charge in [0.1, 0.15) is 6.15 Å². The zero-order chi connectivity index (χ0) is 58.8. The molecule has 0 N–H and O–H groups in total. The van der Waals surface area contributed by atoms with Crippen LogP contribution in [0.4, 0.5) is 105 Å². The van der Waals surface area contributed by atoms with Crippen LogP contribution in [-0.4, -0.2) is 6.15 Å². The zero-order valence-electron chi connectivity index (χ0n) is 39.6. The van der Waals surface area contributed by atoms with Crippen LogP contribution in [0.15, 0.2) is 140 Å². The van der Waals surface area contributed by atoms with Crippen molar-refractivity contribution in [2.75, 3.05) is 0 Å². The molecule has 0 bridgehead atoms. The Morgan fingerprint density at radius 1 is 0.308 bits per heavy atom. The van der Waals surface area contributed by atoms with Crippen molar-refractivity contribution in [2.45, 2.75) is 82.1 Å². The maximum Gasteiger partial charge on any atom is 0.416 e. The molecule has 0 amide bonds. The number of alkyl halides is 24. The van der Waals surface area contributed by atoms with Gasteiger partial charge in [0.05, 0.1) is 44.5 Å². The first-order valence-corrected chi connectivity index (χ1v) is 22.1. The summed E-state index contributed by atoms with van der Waals surface area (Å²) in [5.74, 6) is 0. The quantitative estimate of drug-likeness (QED) is 0.0888. The Labute approximate surface area is 425 Å². The van der Waals surface area contributed by atoms with E-state index >= 15 is 0 Å². The summed E-state index contributed by atoms with van der Waals surface area (Å²) in [7, 11) is 0. The SMILES string of the molecule is CC(C)(C)c1ccc(C[n+]2ccc3ccccc3c2)cc1.FC(F)(F)c1cc([B-](c2cc(C(F)(F)F)cc(C(F)(F)F)c2)(c2cc(C(F)(F)F)cc(C(F)(F)F)c2)c2cc(C(F)(F)F)cc(C(F)(F)F)c2)cc(C(F)(F)F)c1. The van der Waals surface area contributed by atoms with Gasteiger partial charge in [-0.05, 0) is 46.7 Å². The van der Waals surface area contributed by atoms with E-state index in [1.165, 1.54) is 21.9 Å². The first kappa shape index (κ1) is 60.3. The molecule has 0 radical (unpaired) electrons. The third kappa shape index (κ3) is 13.7. The number of hydrogen-bond donors (Lipinski definition) is 0. The highest BCUT2D eigenvalue weighted by Crippen LogP contribution is 2.41. The Hall–Kier alpha value is -6.89. The lowest BCUT2D eigenvalue weighted by molar-refractivity contribution is -0.687. The van der Waals surface area contributed by atoms with Crippen LogP contribution in [0.3, 0.4) is 0 Å². The number of pyridine rings is 1. The number of aromatic nitrogens is 1. The number of nitrogens with zero attached hydrogens (tertiary/aromatic N) is 1. The third-order valence-electron chi connectivity index (χ3n) is 12.4. The fourth-order valence-electron chi connectivity index (χ4n) is 8.67. The second kappa shape index (κ2) is 20.4. The second-order valence-corrected chi connectivity index (χ2v) is 18.9. The van der Waals surface area contributed by atoms with Crippen molar-refractivity contribution in [3.63, 3.8) is 0 Å². The molecule has 0 spiro atoms. The van der Waals surface area contributed by atoms with Gasteiger partial charge in [0.2, 0.25) is 0 Å². The highest BCUT2D eigenvalue weighted by Gasteiger charge is 2.47. The molecule has 1 aromatic heterocycles. The van der Waals surface area contributed by atoms with Gasteiger partial charge in [-0.15, -0.1) is 0 Å². The summed E-state index contributed by atoms with van der Waals surface area (Å²) in [6.45, 7) is 7.66. The predicted molar refractivity (Wildman–Crippen MR) is 238 cm³/mol. The van der Waals surface area contributed by atoms with E-state index in [-0.39, 0.29) is 5.41 Å². The van der Waals surface area contributed by atoms with Gasteiger partial charge in [-0.3, -0.25) is 0 Å². The van der Waals surface area contributed by atoms with Crippen LogP contribution in [0, 0.1) is 0 Å². The monoisotopic (exact) mass is 1140 g/mol. The van der Waals surface area contributed by atoms with Gasteiger partial charge in [0, 0.05) is 17.0 Å². The maximum atomic E-state index is 14.2. The molecular formula is C52H34BF24N. The van der Waals surface area contributed by atoms with E-state index in [1.54, 1.807) is 0 Å². The molecule has 26 heteroatoms. The number of fused-ring (bicyclic) bond motifs is 1. The molecule has 0 aliphatic rings. The maximum absolute atomic E-state index is 14.2. The first-order chi connectivity index (χ1) is 35.3. The van der Waals surface area contributed by atoms with Crippen molar-refractivity contribution in [2.24, 2.45) is 0 Å². The van der Waals surface area contributed by atoms with Crippen molar-refractivity contribution >= 4 is 38.8 Å². The fraction of sp³-hybridized carbons (Fsp3) is 0.250. The summed E-state index contributed by atoms with van der Waals surface area (Å²) >= 11 is 0. The lowest BCUT2D eigenvalue weighted by Crippen LogP contribution is -2.75. The fourth-order valence-corrected chi connectivity index (χ4v) is 8.67. The van der Waals surface area contributed by atoms with Crippen molar-refractivity contribution in [1.29, 1.82) is 0 Å². The summed E-state index contributed by atoms with van der Waals surface area (Å²) in [5, 5.41) is 2.57. The molecule has 7 rings (SSSR count). The summed E-state index contributed by atoms with van der Waals surface area (Å²) in [4.78, 5) is 0. The lowest BCUT2D eigenvalue weighted by Gasteiger charge is -2.46. The van der Waals surface area contributed by atoms with Crippen LogP contribution in [-0.2, 0) is 61.4 Å². The minimum absolute atomic E-state index is 0.217. The highest BCUT2D eigenvalue weighted by molar-refractivity contribution is 7.20. The first-order valence-electron chi connectivity index (χ1n) is 22.1. The average Bonchev–Trinajstić information content (AvgIpc) is 3.29. The largest absolute Gasteiger partial charge is 0.416 e. The van der Waals surface area contributed by atoms with E-state index in [4.69, 9.17) is 0 Å². The Morgan fingerprint density at radius 2 is 0.564 bits per heavy atom. The molecule has 0 aliphatic heterocycles. The Kier molecular flexibility index (Phi) is 15.8. The molecule has 0 saturated heterocycles. The summed E-state index contributed by atoms with van der Waals surface area (Å²) < 4.78 is 343.